The van der Waals surface area contributed by atoms with Gasteiger partial charge in [-0.2, -0.15) is 0 Å². The lowest BCUT2D eigenvalue weighted by Gasteiger charge is -2.42. The van der Waals surface area contributed by atoms with Crippen LogP contribution in [0.25, 0.3) is 22.1 Å². The second-order valence-electron chi connectivity index (χ2n) is 23.9. The van der Waals surface area contributed by atoms with Crippen LogP contribution in [0.1, 0.15) is 204 Å². The summed E-state index contributed by atoms with van der Waals surface area (Å²) in [7, 11) is 0. The molecule has 4 atom stereocenters. The molecule has 0 saturated heterocycles. The molecular weight excluding hydrogens is 841 g/mol. The van der Waals surface area contributed by atoms with E-state index < -0.39 is 23.7 Å². The quantitative estimate of drug-likeness (QED) is 0.132. The fourth-order valence-corrected chi connectivity index (χ4v) is 12.9. The van der Waals surface area contributed by atoms with Crippen molar-refractivity contribution in [2.45, 2.75) is 193 Å². The summed E-state index contributed by atoms with van der Waals surface area (Å²) in [4.78, 5) is 44.2. The van der Waals surface area contributed by atoms with Gasteiger partial charge in [-0.1, -0.05) is 79.4 Å². The fraction of sp³-hybridized carbons (Fsp3) is 0.704. The molecule has 8 aliphatic carbocycles. The number of imidazole rings is 2. The minimum Gasteiger partial charge on any atom is -0.345 e. The number of fused-ring (bicyclic) bond motifs is 2. The van der Waals surface area contributed by atoms with Gasteiger partial charge in [-0.3, -0.25) is 9.59 Å². The highest BCUT2D eigenvalue weighted by atomic mass is 19.3. The van der Waals surface area contributed by atoms with Gasteiger partial charge >= 0.3 is 0 Å². The second kappa shape index (κ2) is 18.2. The third-order valence-corrected chi connectivity index (χ3v) is 17.0. The highest BCUT2D eigenvalue weighted by molar-refractivity contribution is 5.81. The molecule has 0 spiro atoms. The fourth-order valence-electron chi connectivity index (χ4n) is 12.9. The van der Waals surface area contributed by atoms with Gasteiger partial charge < -0.3 is 20.6 Å². The predicted molar refractivity (Wildman–Crippen MR) is 252 cm³/mol. The van der Waals surface area contributed by atoms with Gasteiger partial charge in [0.25, 0.3) is 0 Å². The Labute approximate surface area is 388 Å². The molecule has 8 aliphatic rings. The summed E-state index contributed by atoms with van der Waals surface area (Å²) in [5.41, 5.74) is 5.79. The Hall–Kier alpha value is -3.96. The number of benzene rings is 2. The first-order valence-corrected chi connectivity index (χ1v) is 25.5. The number of hydrogen-bond acceptors (Lipinski definition) is 4. The van der Waals surface area contributed by atoms with Crippen LogP contribution in [-0.2, 0) is 9.59 Å². The molecule has 360 valence electrons. The van der Waals surface area contributed by atoms with Crippen molar-refractivity contribution in [3.63, 3.8) is 0 Å². The molecule has 4 aromatic rings. The molecule has 2 aromatic carbocycles. The maximum Gasteiger partial charge on any atom is 0.248 e. The molecule has 8 nitrogen and oxygen atoms in total. The van der Waals surface area contributed by atoms with E-state index in [4.69, 9.17) is 9.97 Å². The first kappa shape index (κ1) is 47.1. The number of nitrogens with zero attached hydrogens (tertiary/aromatic N) is 2. The summed E-state index contributed by atoms with van der Waals surface area (Å²) in [6.07, 6.45) is 12.2. The van der Waals surface area contributed by atoms with Crippen LogP contribution in [0.4, 0.5) is 17.6 Å². The number of carbonyl (C=O) groups excluding carboxylic acids is 2. The van der Waals surface area contributed by atoms with Gasteiger partial charge in [0, 0.05) is 37.5 Å². The number of aromatic amines is 2. The summed E-state index contributed by atoms with van der Waals surface area (Å²) in [6.45, 7) is 12.5. The molecule has 12 heteroatoms. The van der Waals surface area contributed by atoms with E-state index in [2.05, 4.69) is 98.5 Å². The average molecular weight is 915 g/mol. The zero-order valence-corrected chi connectivity index (χ0v) is 40.2. The van der Waals surface area contributed by atoms with Crippen LogP contribution in [0.5, 0.6) is 0 Å². The largest absolute Gasteiger partial charge is 0.345 e. The standard InChI is InChI=1S/C54H74F4N6O2/c1-51(2,3)45(63-49(65)35-19-23-53(55,56)24-20-35)47-59-41-17-15-37(29-43(41)61-47)39-27-31-7-11-33(39)13-9-32-8-12-34(14-10-31)40(28-32)38-16-18-42-44(30-38)62-48(60-42)46(52(4,5)6)64-50(66)36-21-25-54(57,58)26-22-36/h15-18,29-36,39-40,45-46H,7-14,19-28H2,1-6H3,(H,59,61)(H,60,62)(H,63,65)(H,64,66)/t31?,32?,33?,34?,39-,40-,45-,46-/m1/s1. The lowest BCUT2D eigenvalue weighted by atomic mass is 9.63. The van der Waals surface area contributed by atoms with E-state index in [1.165, 1.54) is 75.3 Å². The van der Waals surface area contributed by atoms with Gasteiger partial charge in [0.15, 0.2) is 0 Å². The molecule has 0 aliphatic heterocycles. The van der Waals surface area contributed by atoms with Crippen molar-refractivity contribution in [3.8, 4) is 0 Å². The molecule has 12 rings (SSSR count). The smallest absolute Gasteiger partial charge is 0.248 e. The topological polar surface area (TPSA) is 116 Å². The molecule has 0 unspecified atom stereocenters. The summed E-state index contributed by atoms with van der Waals surface area (Å²) >= 11 is 0. The SMILES string of the molecule is CC(C)(C)[C@H](NC(=O)C1CCC(F)(F)CC1)c1nc2cc([C@@H]3CC4CCC3CCC3CCC(CC4)[C@H](c4ccc5[nH]c([C@@H](NC(=O)C6CCC(F)(F)CC6)C(C)(C)C)nc5c4)C3)ccc2[nH]1. The van der Waals surface area contributed by atoms with Crippen LogP contribution < -0.4 is 10.6 Å². The first-order chi connectivity index (χ1) is 31.2. The molecule has 8 saturated carbocycles. The number of hydrogen-bond donors (Lipinski definition) is 4. The van der Waals surface area contributed by atoms with E-state index >= 15 is 0 Å². The summed E-state index contributed by atoms with van der Waals surface area (Å²) in [6, 6.07) is 12.8. The Morgan fingerprint density at radius 2 is 0.909 bits per heavy atom. The predicted octanol–water partition coefficient (Wildman–Crippen LogP) is 13.8. The van der Waals surface area contributed by atoms with Crippen LogP contribution >= 0.6 is 0 Å². The number of aromatic nitrogens is 4. The first-order valence-electron chi connectivity index (χ1n) is 25.5. The number of nitrogens with one attached hydrogen (secondary N) is 4. The van der Waals surface area contributed by atoms with E-state index in [0.717, 1.165) is 22.1 Å². The number of rotatable bonds is 8. The molecule has 66 heavy (non-hydrogen) atoms. The molecular formula is C54H74F4N6O2. The number of amides is 2. The maximum atomic E-state index is 13.9. The Kier molecular flexibility index (Phi) is 13.0. The van der Waals surface area contributed by atoms with Crippen LogP contribution in [-0.4, -0.2) is 43.6 Å². The van der Waals surface area contributed by atoms with E-state index in [1.54, 1.807) is 0 Å². The lowest BCUT2D eigenvalue weighted by molar-refractivity contribution is -0.131. The lowest BCUT2D eigenvalue weighted by Crippen LogP contribution is -2.42. The van der Waals surface area contributed by atoms with Crippen molar-refractivity contribution in [2.24, 2.45) is 46.3 Å². The molecule has 0 radical (unpaired) electrons. The van der Waals surface area contributed by atoms with Gasteiger partial charge in [-0.15, -0.1) is 0 Å². The number of halogens is 4. The van der Waals surface area contributed by atoms with Crippen LogP contribution in [0.2, 0.25) is 0 Å². The minimum atomic E-state index is -2.68. The van der Waals surface area contributed by atoms with E-state index in [-0.39, 0.29) is 86.1 Å². The minimum absolute atomic E-state index is 0.159. The number of carbonyl (C=O) groups is 2. The van der Waals surface area contributed by atoms with Crippen molar-refractivity contribution in [2.75, 3.05) is 0 Å². The number of H-pyrrole nitrogens is 2. The van der Waals surface area contributed by atoms with Crippen LogP contribution in [0, 0.1) is 46.3 Å². The van der Waals surface area contributed by atoms with Gasteiger partial charge in [0.1, 0.15) is 11.6 Å². The molecule has 2 heterocycles. The summed E-state index contributed by atoms with van der Waals surface area (Å²) in [5, 5.41) is 6.44. The third-order valence-electron chi connectivity index (χ3n) is 17.0. The normalized spacial score (nSPS) is 28.7. The van der Waals surface area contributed by atoms with Crippen molar-refractivity contribution in [1.29, 1.82) is 0 Å². The molecule has 4 bridgehead atoms. The van der Waals surface area contributed by atoms with E-state index in [1.807, 2.05) is 0 Å². The van der Waals surface area contributed by atoms with Crippen LogP contribution in [0.3, 0.4) is 0 Å². The summed E-state index contributed by atoms with van der Waals surface area (Å²) in [5.74, 6) is -1.52. The molecule has 4 N–H and O–H groups in total. The Morgan fingerprint density at radius 3 is 1.24 bits per heavy atom. The Bertz CT molecular complexity index is 2190. The number of alkyl halides is 4. The third kappa shape index (κ3) is 10.4. The van der Waals surface area contributed by atoms with Gasteiger partial charge in [-0.05, 0) is 146 Å². The monoisotopic (exact) mass is 915 g/mol. The highest BCUT2D eigenvalue weighted by Gasteiger charge is 2.42. The molecule has 8 fully saturated rings. The zero-order chi connectivity index (χ0) is 46.8. The van der Waals surface area contributed by atoms with Gasteiger partial charge in [0.2, 0.25) is 23.7 Å². The zero-order valence-electron chi connectivity index (χ0n) is 40.2. The summed E-state index contributed by atoms with van der Waals surface area (Å²) < 4.78 is 55.6. The van der Waals surface area contributed by atoms with E-state index in [9.17, 15) is 27.2 Å². The maximum absolute atomic E-state index is 13.9. The van der Waals surface area contributed by atoms with Crippen LogP contribution in [0.15, 0.2) is 36.4 Å². The molecule has 2 aromatic heterocycles. The molecule has 2 amide bonds. The van der Waals surface area contributed by atoms with Crippen molar-refractivity contribution in [3.05, 3.63) is 59.2 Å². The van der Waals surface area contributed by atoms with Gasteiger partial charge in [0.05, 0.1) is 34.2 Å². The van der Waals surface area contributed by atoms with E-state index in [0.29, 0.717) is 47.2 Å². The van der Waals surface area contributed by atoms with Crippen molar-refractivity contribution < 1.29 is 27.2 Å². The van der Waals surface area contributed by atoms with Crippen molar-refractivity contribution in [1.82, 2.24) is 30.6 Å². The second-order valence-corrected chi connectivity index (χ2v) is 23.9. The Morgan fingerprint density at radius 1 is 0.561 bits per heavy atom. The van der Waals surface area contributed by atoms with Crippen molar-refractivity contribution >= 4 is 33.9 Å². The highest BCUT2D eigenvalue weighted by Crippen LogP contribution is 2.51. The average Bonchev–Trinajstić information content (AvgIpc) is 3.88. The van der Waals surface area contributed by atoms with Gasteiger partial charge in [-0.25, -0.2) is 27.5 Å². The Balaban J connectivity index is 0.886.